The molecule has 1 amide bonds. The van der Waals surface area contributed by atoms with Gasteiger partial charge in [-0.1, -0.05) is 0 Å². The van der Waals surface area contributed by atoms with Gasteiger partial charge in [0.2, 0.25) is 0 Å². The molecule has 16 heavy (non-hydrogen) atoms. The number of hydrogen-bond acceptors (Lipinski definition) is 3. The number of rotatable bonds is 2. The highest BCUT2D eigenvalue weighted by Gasteiger charge is 2.21. The van der Waals surface area contributed by atoms with Crippen molar-refractivity contribution in [3.8, 4) is 0 Å². The van der Waals surface area contributed by atoms with Crippen molar-refractivity contribution in [1.29, 1.82) is 0 Å². The summed E-state index contributed by atoms with van der Waals surface area (Å²) >= 11 is 0. The molecular weight excluding hydrogens is 211 g/mol. The van der Waals surface area contributed by atoms with Gasteiger partial charge in [0.15, 0.2) is 0 Å². The second-order valence-electron chi connectivity index (χ2n) is 3.79. The van der Waals surface area contributed by atoms with Gasteiger partial charge in [-0.15, -0.1) is 0 Å². The van der Waals surface area contributed by atoms with E-state index in [9.17, 15) is 9.18 Å². The molecule has 2 aliphatic heterocycles. The van der Waals surface area contributed by atoms with Gasteiger partial charge in [-0.05, 0) is 24.5 Å². The van der Waals surface area contributed by atoms with Crippen LogP contribution in [-0.2, 0) is 4.74 Å². The number of ether oxygens (including phenoxy) is 1. The van der Waals surface area contributed by atoms with Crippen molar-refractivity contribution in [2.75, 3.05) is 26.4 Å². The molecule has 5 heteroatoms. The van der Waals surface area contributed by atoms with Crippen LogP contribution in [0.4, 0.5) is 9.18 Å². The van der Waals surface area contributed by atoms with Gasteiger partial charge < -0.3 is 10.1 Å². The van der Waals surface area contributed by atoms with Crippen LogP contribution in [0.5, 0.6) is 0 Å². The molecule has 0 spiro atoms. The SMILES string of the molecule is O=C(OCCF)N1C=CC2=C(CCCN2)C1. The van der Waals surface area contributed by atoms with Crippen molar-refractivity contribution in [2.45, 2.75) is 12.8 Å². The quantitative estimate of drug-likeness (QED) is 0.777. The molecule has 4 nitrogen and oxygen atoms in total. The van der Waals surface area contributed by atoms with Crippen molar-refractivity contribution in [3.63, 3.8) is 0 Å². The maximum atomic E-state index is 11.9. The largest absolute Gasteiger partial charge is 0.446 e. The van der Waals surface area contributed by atoms with E-state index in [0.717, 1.165) is 25.1 Å². The Morgan fingerprint density at radius 2 is 2.50 bits per heavy atom. The van der Waals surface area contributed by atoms with Crippen LogP contribution in [0.15, 0.2) is 23.5 Å². The molecule has 2 aliphatic rings. The van der Waals surface area contributed by atoms with Gasteiger partial charge in [-0.25, -0.2) is 9.18 Å². The normalized spacial score (nSPS) is 19.2. The lowest BCUT2D eigenvalue weighted by molar-refractivity contribution is 0.111. The van der Waals surface area contributed by atoms with Crippen molar-refractivity contribution >= 4 is 6.09 Å². The standard InChI is InChI=1S/C11H15FN2O2/c12-4-7-16-11(15)14-6-3-10-9(8-14)2-1-5-13-10/h3,6,13H,1-2,4-5,7-8H2. The average Bonchev–Trinajstić information content (AvgIpc) is 2.35. The minimum atomic E-state index is -0.640. The molecule has 0 aromatic heterocycles. The summed E-state index contributed by atoms with van der Waals surface area (Å²) in [5.74, 6) is 0. The molecule has 1 N–H and O–H groups in total. The van der Waals surface area contributed by atoms with Crippen molar-refractivity contribution in [2.24, 2.45) is 0 Å². The Morgan fingerprint density at radius 1 is 1.62 bits per heavy atom. The summed E-state index contributed by atoms with van der Waals surface area (Å²) in [6.45, 7) is 0.714. The topological polar surface area (TPSA) is 41.6 Å². The minimum absolute atomic E-state index is 0.173. The number of nitrogens with zero attached hydrogens (tertiary/aromatic N) is 1. The van der Waals surface area contributed by atoms with Gasteiger partial charge in [0, 0.05) is 18.4 Å². The number of halogens is 1. The summed E-state index contributed by atoms with van der Waals surface area (Å²) in [5.41, 5.74) is 2.33. The Kier molecular flexibility index (Phi) is 3.44. The first kappa shape index (κ1) is 11.0. The van der Waals surface area contributed by atoms with Gasteiger partial charge >= 0.3 is 6.09 Å². The molecule has 0 unspecified atom stereocenters. The van der Waals surface area contributed by atoms with E-state index in [-0.39, 0.29) is 6.61 Å². The Hall–Kier alpha value is -1.52. The van der Waals surface area contributed by atoms with Crippen molar-refractivity contribution < 1.29 is 13.9 Å². The van der Waals surface area contributed by atoms with Crippen LogP contribution >= 0.6 is 0 Å². The number of carbonyl (C=O) groups is 1. The maximum Gasteiger partial charge on any atom is 0.414 e. The van der Waals surface area contributed by atoms with E-state index in [0.29, 0.717) is 6.54 Å². The smallest absolute Gasteiger partial charge is 0.414 e. The Balaban J connectivity index is 1.94. The van der Waals surface area contributed by atoms with Crippen LogP contribution < -0.4 is 5.32 Å². The molecule has 0 atom stereocenters. The summed E-state index contributed by atoms with van der Waals surface area (Å²) < 4.78 is 16.6. The average molecular weight is 226 g/mol. The monoisotopic (exact) mass is 226 g/mol. The Bertz CT molecular complexity index is 339. The fourth-order valence-electron chi connectivity index (χ4n) is 1.88. The number of hydrogen-bond donors (Lipinski definition) is 1. The highest BCUT2D eigenvalue weighted by Crippen LogP contribution is 2.21. The van der Waals surface area contributed by atoms with Crippen molar-refractivity contribution in [1.82, 2.24) is 10.2 Å². The van der Waals surface area contributed by atoms with E-state index in [1.54, 1.807) is 6.20 Å². The fraction of sp³-hybridized carbons (Fsp3) is 0.545. The van der Waals surface area contributed by atoms with Crippen LogP contribution in [-0.4, -0.2) is 37.4 Å². The van der Waals surface area contributed by atoms with Gasteiger partial charge in [0.1, 0.15) is 13.3 Å². The number of alkyl halides is 1. The molecule has 0 saturated heterocycles. The van der Waals surface area contributed by atoms with Gasteiger partial charge in [0.25, 0.3) is 0 Å². The number of amides is 1. The molecule has 88 valence electrons. The Labute approximate surface area is 93.7 Å². The summed E-state index contributed by atoms with van der Waals surface area (Å²) in [5, 5.41) is 3.28. The molecule has 0 aliphatic carbocycles. The zero-order valence-electron chi connectivity index (χ0n) is 9.04. The maximum absolute atomic E-state index is 11.9. The van der Waals surface area contributed by atoms with E-state index in [4.69, 9.17) is 4.74 Å². The zero-order valence-corrected chi connectivity index (χ0v) is 9.04. The second kappa shape index (κ2) is 5.01. The molecule has 2 rings (SSSR count). The number of nitrogens with one attached hydrogen (secondary N) is 1. The fourth-order valence-corrected chi connectivity index (χ4v) is 1.88. The first-order valence-electron chi connectivity index (χ1n) is 5.44. The molecular formula is C11H15FN2O2. The van der Waals surface area contributed by atoms with Crippen LogP contribution in [0.1, 0.15) is 12.8 Å². The first-order valence-corrected chi connectivity index (χ1v) is 5.44. The lowest BCUT2D eigenvalue weighted by Gasteiger charge is -2.28. The van der Waals surface area contributed by atoms with E-state index < -0.39 is 12.8 Å². The van der Waals surface area contributed by atoms with E-state index in [2.05, 4.69) is 5.32 Å². The highest BCUT2D eigenvalue weighted by atomic mass is 19.1. The van der Waals surface area contributed by atoms with E-state index in [1.165, 1.54) is 10.5 Å². The third-order valence-corrected chi connectivity index (χ3v) is 2.67. The van der Waals surface area contributed by atoms with E-state index in [1.807, 2.05) is 6.08 Å². The van der Waals surface area contributed by atoms with Crippen LogP contribution in [0.3, 0.4) is 0 Å². The predicted octanol–water partition coefficient (Wildman–Crippen LogP) is 1.56. The van der Waals surface area contributed by atoms with E-state index >= 15 is 0 Å². The van der Waals surface area contributed by atoms with Gasteiger partial charge in [-0.2, -0.15) is 0 Å². The second-order valence-corrected chi connectivity index (χ2v) is 3.79. The Morgan fingerprint density at radius 3 is 3.31 bits per heavy atom. The number of carbonyl (C=O) groups excluding carboxylic acids is 1. The summed E-state index contributed by atoms with van der Waals surface area (Å²) in [4.78, 5) is 12.9. The summed E-state index contributed by atoms with van der Waals surface area (Å²) in [7, 11) is 0. The lowest BCUT2D eigenvalue weighted by Crippen LogP contribution is -2.35. The minimum Gasteiger partial charge on any atom is -0.446 e. The molecule has 0 aromatic rings. The van der Waals surface area contributed by atoms with Crippen LogP contribution in [0.25, 0.3) is 0 Å². The summed E-state index contributed by atoms with van der Waals surface area (Å²) in [6, 6.07) is 0. The molecule has 0 fully saturated rings. The third kappa shape index (κ3) is 2.35. The molecule has 0 saturated carbocycles. The predicted molar refractivity (Wildman–Crippen MR) is 57.4 cm³/mol. The van der Waals surface area contributed by atoms with Crippen LogP contribution in [0.2, 0.25) is 0 Å². The summed E-state index contributed by atoms with van der Waals surface area (Å²) in [6.07, 6.45) is 5.15. The van der Waals surface area contributed by atoms with Crippen molar-refractivity contribution in [3.05, 3.63) is 23.5 Å². The van der Waals surface area contributed by atoms with Crippen LogP contribution in [0, 0.1) is 0 Å². The molecule has 0 bridgehead atoms. The van der Waals surface area contributed by atoms with Gasteiger partial charge in [0.05, 0.1) is 6.54 Å². The zero-order chi connectivity index (χ0) is 11.4. The molecule has 0 radical (unpaired) electrons. The lowest BCUT2D eigenvalue weighted by atomic mass is 10.0. The molecule has 0 aromatic carbocycles. The molecule has 2 heterocycles. The third-order valence-electron chi connectivity index (χ3n) is 2.67. The highest BCUT2D eigenvalue weighted by molar-refractivity contribution is 5.70. The first-order chi connectivity index (χ1) is 7.81. The van der Waals surface area contributed by atoms with Gasteiger partial charge in [-0.3, -0.25) is 4.90 Å². The number of allylic oxidation sites excluding steroid dienone is 1.